The molecule has 0 fully saturated rings. The van der Waals surface area contributed by atoms with E-state index in [0.717, 1.165) is 0 Å². The van der Waals surface area contributed by atoms with Crippen LogP contribution in [0.3, 0.4) is 0 Å². The summed E-state index contributed by atoms with van der Waals surface area (Å²) in [6.07, 6.45) is 0.124. The molecule has 202 valence electrons. The Morgan fingerprint density at radius 3 is 2.28 bits per heavy atom. The molecule has 2 unspecified atom stereocenters. The number of phenolic OH excluding ortho intramolecular Hbond substituents is 1. The lowest BCUT2D eigenvalue weighted by atomic mass is 9.98. The maximum absolute atomic E-state index is 13.9. The van der Waals surface area contributed by atoms with Gasteiger partial charge in [-0.2, -0.15) is 0 Å². The summed E-state index contributed by atoms with van der Waals surface area (Å²) in [5, 5.41) is 15.2. The topological polar surface area (TPSA) is 134 Å². The minimum atomic E-state index is -1.11. The third-order valence-corrected chi connectivity index (χ3v) is 5.17. The first-order valence-electron chi connectivity index (χ1n) is 12.1. The quantitative estimate of drug-likeness (QED) is 0.392. The van der Waals surface area contributed by atoms with E-state index in [2.05, 4.69) is 15.4 Å². The van der Waals surface area contributed by atoms with Crippen molar-refractivity contribution in [3.8, 4) is 5.75 Å². The van der Waals surface area contributed by atoms with Crippen LogP contribution in [0.4, 0.5) is 4.79 Å². The van der Waals surface area contributed by atoms with Crippen LogP contribution in [0.15, 0.2) is 18.2 Å². The molecule has 10 heteroatoms. The molecule has 0 saturated heterocycles. The standard InChI is InChI=1S/C26H41N3O7/c1-9-12-29(24(33)19(13-16(2)3)28-25(34)36-26(5,6)7)22(23(32)27-15-21(31)35-8)18-10-11-20(30)17(4)14-18/h10-11,14,16,19,22,30H,9,12-13,15H2,1-8H3,(H,27,32)(H,28,34). The molecule has 1 rings (SSSR count). The van der Waals surface area contributed by atoms with E-state index < -0.39 is 41.6 Å². The van der Waals surface area contributed by atoms with Gasteiger partial charge in [-0.25, -0.2) is 4.79 Å². The minimum absolute atomic E-state index is 0.0464. The fraction of sp³-hybridized carbons (Fsp3) is 0.615. The van der Waals surface area contributed by atoms with Gasteiger partial charge in [0.1, 0.15) is 30.0 Å². The number of carbonyl (C=O) groups is 4. The van der Waals surface area contributed by atoms with Crippen LogP contribution in [0.1, 0.15) is 71.6 Å². The van der Waals surface area contributed by atoms with Gasteiger partial charge in [0.2, 0.25) is 11.8 Å². The minimum Gasteiger partial charge on any atom is -0.508 e. The van der Waals surface area contributed by atoms with E-state index in [1.54, 1.807) is 39.8 Å². The first-order valence-corrected chi connectivity index (χ1v) is 12.1. The summed E-state index contributed by atoms with van der Waals surface area (Å²) in [4.78, 5) is 52.8. The Bertz CT molecular complexity index is 925. The molecule has 1 aromatic carbocycles. The highest BCUT2D eigenvalue weighted by Gasteiger charge is 2.36. The molecular weight excluding hydrogens is 466 g/mol. The number of aryl methyl sites for hydroxylation is 1. The Morgan fingerprint density at radius 2 is 1.78 bits per heavy atom. The molecule has 0 aliphatic heterocycles. The number of aromatic hydroxyl groups is 1. The van der Waals surface area contributed by atoms with Crippen LogP contribution in [0, 0.1) is 12.8 Å². The third kappa shape index (κ3) is 9.75. The van der Waals surface area contributed by atoms with Gasteiger partial charge < -0.3 is 30.1 Å². The summed E-state index contributed by atoms with van der Waals surface area (Å²) in [7, 11) is 1.21. The van der Waals surface area contributed by atoms with E-state index >= 15 is 0 Å². The molecular formula is C26H41N3O7. The maximum atomic E-state index is 13.9. The van der Waals surface area contributed by atoms with Crippen molar-refractivity contribution in [2.24, 2.45) is 5.92 Å². The normalized spacial score (nSPS) is 12.9. The zero-order valence-corrected chi connectivity index (χ0v) is 22.6. The molecule has 36 heavy (non-hydrogen) atoms. The van der Waals surface area contributed by atoms with Crippen LogP contribution in [0.25, 0.3) is 0 Å². The largest absolute Gasteiger partial charge is 0.508 e. The SMILES string of the molecule is CCCN(C(=O)C(CC(C)C)NC(=O)OC(C)(C)C)C(C(=O)NCC(=O)OC)c1ccc(O)c(C)c1. The van der Waals surface area contributed by atoms with Gasteiger partial charge in [0.15, 0.2) is 0 Å². The van der Waals surface area contributed by atoms with E-state index in [1.807, 2.05) is 20.8 Å². The number of alkyl carbamates (subject to hydrolysis) is 1. The van der Waals surface area contributed by atoms with Crippen molar-refractivity contribution in [3.63, 3.8) is 0 Å². The smallest absolute Gasteiger partial charge is 0.408 e. The average molecular weight is 508 g/mol. The monoisotopic (exact) mass is 507 g/mol. The second-order valence-corrected chi connectivity index (χ2v) is 10.1. The number of phenols is 1. The molecule has 3 amide bonds. The van der Waals surface area contributed by atoms with Gasteiger partial charge in [0, 0.05) is 6.54 Å². The highest BCUT2D eigenvalue weighted by molar-refractivity contribution is 5.93. The molecule has 0 heterocycles. The molecule has 0 spiro atoms. The number of methoxy groups -OCH3 is 1. The summed E-state index contributed by atoms with van der Waals surface area (Å²) >= 11 is 0. The first-order chi connectivity index (χ1) is 16.7. The molecule has 10 nitrogen and oxygen atoms in total. The van der Waals surface area contributed by atoms with Crippen LogP contribution in [0.2, 0.25) is 0 Å². The number of amides is 3. The summed E-state index contributed by atoms with van der Waals surface area (Å²) in [6.45, 7) is 12.4. The second-order valence-electron chi connectivity index (χ2n) is 10.1. The molecule has 2 atom stereocenters. The Morgan fingerprint density at radius 1 is 1.14 bits per heavy atom. The fourth-order valence-electron chi connectivity index (χ4n) is 3.60. The Kier molecular flexibility index (Phi) is 11.7. The first kappa shape index (κ1) is 30.7. The van der Waals surface area contributed by atoms with E-state index in [0.29, 0.717) is 24.0 Å². The number of rotatable bonds is 11. The molecule has 0 radical (unpaired) electrons. The Hall–Kier alpha value is -3.30. The number of ether oxygens (including phenoxy) is 2. The van der Waals surface area contributed by atoms with Crippen molar-refractivity contribution in [3.05, 3.63) is 29.3 Å². The van der Waals surface area contributed by atoms with Crippen LogP contribution in [-0.2, 0) is 23.9 Å². The van der Waals surface area contributed by atoms with E-state index in [4.69, 9.17) is 4.74 Å². The van der Waals surface area contributed by atoms with Gasteiger partial charge in [0.25, 0.3) is 0 Å². The van der Waals surface area contributed by atoms with Crippen LogP contribution >= 0.6 is 0 Å². The predicted molar refractivity (Wildman–Crippen MR) is 135 cm³/mol. The van der Waals surface area contributed by atoms with E-state index in [-0.39, 0.29) is 24.8 Å². The molecule has 0 saturated carbocycles. The molecule has 3 N–H and O–H groups in total. The van der Waals surface area contributed by atoms with Crippen molar-refractivity contribution < 1.29 is 33.8 Å². The predicted octanol–water partition coefficient (Wildman–Crippen LogP) is 3.21. The lowest BCUT2D eigenvalue weighted by molar-refractivity contribution is -0.145. The molecule has 1 aromatic rings. The highest BCUT2D eigenvalue weighted by atomic mass is 16.6. The Balaban J connectivity index is 3.46. The highest BCUT2D eigenvalue weighted by Crippen LogP contribution is 2.28. The molecule has 0 aromatic heterocycles. The Labute approximate surface area is 213 Å². The lowest BCUT2D eigenvalue weighted by Crippen LogP contribution is -2.53. The maximum Gasteiger partial charge on any atom is 0.408 e. The van der Waals surface area contributed by atoms with Gasteiger partial charge in [-0.05, 0) is 69.7 Å². The summed E-state index contributed by atoms with van der Waals surface area (Å²) in [5.74, 6) is -1.58. The van der Waals surface area contributed by atoms with E-state index in [9.17, 15) is 24.3 Å². The van der Waals surface area contributed by atoms with Crippen molar-refractivity contribution in [2.45, 2.75) is 79.0 Å². The average Bonchev–Trinajstić information content (AvgIpc) is 2.76. The molecule has 0 aliphatic carbocycles. The van der Waals surface area contributed by atoms with Gasteiger partial charge >= 0.3 is 12.1 Å². The number of hydrogen-bond acceptors (Lipinski definition) is 7. The fourth-order valence-corrected chi connectivity index (χ4v) is 3.60. The third-order valence-electron chi connectivity index (χ3n) is 5.17. The zero-order valence-electron chi connectivity index (χ0n) is 22.6. The number of esters is 1. The number of nitrogens with zero attached hydrogens (tertiary/aromatic N) is 1. The van der Waals surface area contributed by atoms with Gasteiger partial charge in [-0.1, -0.05) is 26.8 Å². The van der Waals surface area contributed by atoms with Gasteiger partial charge in [-0.3, -0.25) is 14.4 Å². The number of benzene rings is 1. The summed E-state index contributed by atoms with van der Waals surface area (Å²) in [6, 6.07) is 2.56. The van der Waals surface area contributed by atoms with E-state index in [1.165, 1.54) is 18.1 Å². The van der Waals surface area contributed by atoms with Crippen LogP contribution in [-0.4, -0.2) is 65.7 Å². The van der Waals surface area contributed by atoms with Crippen molar-refractivity contribution in [2.75, 3.05) is 20.2 Å². The van der Waals surface area contributed by atoms with Gasteiger partial charge in [-0.15, -0.1) is 0 Å². The number of hydrogen-bond donors (Lipinski definition) is 3. The van der Waals surface area contributed by atoms with Crippen molar-refractivity contribution in [1.29, 1.82) is 0 Å². The van der Waals surface area contributed by atoms with Gasteiger partial charge in [0.05, 0.1) is 7.11 Å². The van der Waals surface area contributed by atoms with Crippen LogP contribution in [0.5, 0.6) is 5.75 Å². The number of nitrogens with one attached hydrogen (secondary N) is 2. The van der Waals surface area contributed by atoms with Crippen molar-refractivity contribution >= 4 is 23.9 Å². The zero-order chi connectivity index (χ0) is 27.6. The summed E-state index contributed by atoms with van der Waals surface area (Å²) in [5.41, 5.74) is 0.223. The number of carbonyl (C=O) groups excluding carboxylic acids is 4. The van der Waals surface area contributed by atoms with Crippen molar-refractivity contribution in [1.82, 2.24) is 15.5 Å². The summed E-state index contributed by atoms with van der Waals surface area (Å²) < 4.78 is 9.97. The second kappa shape index (κ2) is 13.7. The molecule has 0 bridgehead atoms. The molecule has 0 aliphatic rings. The van der Waals surface area contributed by atoms with Crippen LogP contribution < -0.4 is 10.6 Å². The lowest BCUT2D eigenvalue weighted by Gasteiger charge is -2.35.